The van der Waals surface area contributed by atoms with Gasteiger partial charge in [-0.15, -0.1) is 6.58 Å². The summed E-state index contributed by atoms with van der Waals surface area (Å²) >= 11 is 0. The van der Waals surface area contributed by atoms with E-state index >= 15 is 0 Å². The van der Waals surface area contributed by atoms with Crippen molar-refractivity contribution in [3.8, 4) is 0 Å². The van der Waals surface area contributed by atoms with Gasteiger partial charge in [0, 0.05) is 11.8 Å². The lowest BCUT2D eigenvalue weighted by molar-refractivity contribution is -0.339. The van der Waals surface area contributed by atoms with E-state index in [9.17, 15) is 35.1 Å². The van der Waals surface area contributed by atoms with Gasteiger partial charge in [0.2, 0.25) is 6.29 Å². The van der Waals surface area contributed by atoms with Crippen LogP contribution in [0.1, 0.15) is 6.42 Å². The van der Waals surface area contributed by atoms with E-state index in [1.54, 1.807) is 0 Å². The molecule has 11 heteroatoms. The highest BCUT2D eigenvalue weighted by Crippen LogP contribution is 2.36. The molecule has 0 spiro atoms. The molecule has 11 nitrogen and oxygen atoms in total. The minimum absolute atomic E-state index is 0.0246. The fourth-order valence-electron chi connectivity index (χ4n) is 3.18. The molecule has 0 radical (unpaired) electrons. The molecule has 0 unspecified atom stereocenters. The maximum atomic E-state index is 11.9. The van der Waals surface area contributed by atoms with E-state index in [1.165, 1.54) is 6.08 Å². The average molecular weight is 404 g/mol. The highest BCUT2D eigenvalue weighted by Gasteiger charge is 2.47. The number of aliphatic hydroxyl groups excluding tert-OH is 4. The first-order valence-corrected chi connectivity index (χ1v) is 8.49. The SMILES string of the molecule is C=C[C@H]1[C@H](O[C@@H]2O[C@H](CO)[C@@H](O)[C@H](O)[C@H]2O)OC=C(C(=O)OC)[C@@H]1CC(=O)O. The lowest BCUT2D eigenvalue weighted by Gasteiger charge is -2.42. The predicted octanol–water partition coefficient (Wildman–Crippen LogP) is -1.89. The number of hydrogen-bond donors (Lipinski definition) is 5. The Kier molecular flexibility index (Phi) is 7.52. The first kappa shape index (κ1) is 22.3. The van der Waals surface area contributed by atoms with Crippen molar-refractivity contribution < 1.29 is 54.1 Å². The molecule has 8 atom stereocenters. The number of esters is 1. The molecule has 0 saturated carbocycles. The van der Waals surface area contributed by atoms with Gasteiger partial charge < -0.3 is 44.5 Å². The molecule has 2 heterocycles. The number of aliphatic hydroxyl groups is 4. The third-order valence-corrected chi connectivity index (χ3v) is 4.71. The van der Waals surface area contributed by atoms with Crippen LogP contribution in [-0.4, -0.2) is 88.2 Å². The van der Waals surface area contributed by atoms with E-state index in [4.69, 9.17) is 14.2 Å². The van der Waals surface area contributed by atoms with Crippen molar-refractivity contribution in [2.45, 2.75) is 43.4 Å². The Morgan fingerprint density at radius 3 is 2.43 bits per heavy atom. The molecule has 1 saturated heterocycles. The maximum absolute atomic E-state index is 11.9. The van der Waals surface area contributed by atoms with E-state index in [1.807, 2.05) is 0 Å². The molecule has 5 N–H and O–H groups in total. The summed E-state index contributed by atoms with van der Waals surface area (Å²) in [6.07, 6.45) is -6.91. The third kappa shape index (κ3) is 4.51. The number of ether oxygens (including phenoxy) is 4. The number of rotatable bonds is 7. The zero-order chi connectivity index (χ0) is 21.0. The largest absolute Gasteiger partial charge is 0.481 e. The van der Waals surface area contributed by atoms with Gasteiger partial charge in [0.1, 0.15) is 24.4 Å². The molecule has 0 bridgehead atoms. The molecular formula is C17H24O11. The molecule has 158 valence electrons. The van der Waals surface area contributed by atoms with E-state index in [2.05, 4.69) is 11.3 Å². The zero-order valence-electron chi connectivity index (χ0n) is 15.1. The fourth-order valence-corrected chi connectivity index (χ4v) is 3.18. The van der Waals surface area contributed by atoms with Crippen LogP contribution in [0.2, 0.25) is 0 Å². The second-order valence-corrected chi connectivity index (χ2v) is 6.42. The van der Waals surface area contributed by atoms with Crippen LogP contribution in [0.15, 0.2) is 24.5 Å². The highest BCUT2D eigenvalue weighted by molar-refractivity contribution is 5.89. The molecule has 0 aromatic heterocycles. The van der Waals surface area contributed by atoms with Crippen LogP contribution in [0.5, 0.6) is 0 Å². The third-order valence-electron chi connectivity index (χ3n) is 4.71. The lowest BCUT2D eigenvalue weighted by atomic mass is 9.81. The summed E-state index contributed by atoms with van der Waals surface area (Å²) in [4.78, 5) is 23.2. The maximum Gasteiger partial charge on any atom is 0.337 e. The minimum Gasteiger partial charge on any atom is -0.481 e. The molecule has 0 aromatic carbocycles. The van der Waals surface area contributed by atoms with E-state index < -0.39 is 73.8 Å². The van der Waals surface area contributed by atoms with Gasteiger partial charge >= 0.3 is 11.9 Å². The molecule has 1 fully saturated rings. The summed E-state index contributed by atoms with van der Waals surface area (Å²) in [6, 6.07) is 0. The Labute approximate surface area is 160 Å². The second-order valence-electron chi connectivity index (χ2n) is 6.42. The Bertz CT molecular complexity index is 616. The van der Waals surface area contributed by atoms with Crippen molar-refractivity contribution in [3.63, 3.8) is 0 Å². The van der Waals surface area contributed by atoms with E-state index in [0.717, 1.165) is 13.4 Å². The molecule has 2 rings (SSSR count). The van der Waals surface area contributed by atoms with Gasteiger partial charge in [-0.25, -0.2) is 4.79 Å². The van der Waals surface area contributed by atoms with Crippen LogP contribution >= 0.6 is 0 Å². The molecule has 0 aromatic rings. The van der Waals surface area contributed by atoms with Gasteiger partial charge in [-0.1, -0.05) is 6.08 Å². The Morgan fingerprint density at radius 2 is 1.89 bits per heavy atom. The van der Waals surface area contributed by atoms with Crippen molar-refractivity contribution in [2.24, 2.45) is 11.8 Å². The fraction of sp³-hybridized carbons (Fsp3) is 0.647. The Hall–Kier alpha value is -2.02. The summed E-state index contributed by atoms with van der Waals surface area (Å²) < 4.78 is 20.8. The smallest absolute Gasteiger partial charge is 0.337 e. The first-order chi connectivity index (χ1) is 13.2. The molecule has 0 aliphatic carbocycles. The number of aliphatic carboxylic acids is 1. The first-order valence-electron chi connectivity index (χ1n) is 8.49. The highest BCUT2D eigenvalue weighted by atomic mass is 16.8. The van der Waals surface area contributed by atoms with Crippen molar-refractivity contribution >= 4 is 11.9 Å². The van der Waals surface area contributed by atoms with Crippen LogP contribution in [-0.2, 0) is 28.5 Å². The summed E-state index contributed by atoms with van der Waals surface area (Å²) in [5.74, 6) is -3.70. The Morgan fingerprint density at radius 1 is 1.21 bits per heavy atom. The van der Waals surface area contributed by atoms with Crippen molar-refractivity contribution in [2.75, 3.05) is 13.7 Å². The minimum atomic E-state index is -1.67. The van der Waals surface area contributed by atoms with Crippen molar-refractivity contribution in [3.05, 3.63) is 24.5 Å². The van der Waals surface area contributed by atoms with Gasteiger partial charge in [0.05, 0.1) is 32.0 Å². The van der Waals surface area contributed by atoms with Gasteiger partial charge in [-0.2, -0.15) is 0 Å². The van der Waals surface area contributed by atoms with E-state index in [-0.39, 0.29) is 5.57 Å². The number of carboxylic acid groups (broad SMARTS) is 1. The van der Waals surface area contributed by atoms with Crippen molar-refractivity contribution in [1.29, 1.82) is 0 Å². The summed E-state index contributed by atoms with van der Waals surface area (Å²) in [5.41, 5.74) is -0.0246. The van der Waals surface area contributed by atoms with Crippen LogP contribution < -0.4 is 0 Å². The zero-order valence-corrected chi connectivity index (χ0v) is 15.1. The number of hydrogen-bond acceptors (Lipinski definition) is 10. The van der Waals surface area contributed by atoms with Crippen LogP contribution in [0, 0.1) is 11.8 Å². The number of methoxy groups -OCH3 is 1. The summed E-state index contributed by atoms with van der Waals surface area (Å²) in [5, 5.41) is 48.2. The number of carboxylic acids is 1. The Balaban J connectivity index is 2.24. The quantitative estimate of drug-likeness (QED) is 0.237. The second kappa shape index (κ2) is 9.45. The summed E-state index contributed by atoms with van der Waals surface area (Å²) in [7, 11) is 1.14. The average Bonchev–Trinajstić information content (AvgIpc) is 2.67. The van der Waals surface area contributed by atoms with Crippen LogP contribution in [0.4, 0.5) is 0 Å². The molecule has 2 aliphatic heterocycles. The van der Waals surface area contributed by atoms with Gasteiger partial charge in [0.15, 0.2) is 6.29 Å². The molecular weight excluding hydrogens is 380 g/mol. The normalized spacial score (nSPS) is 38.1. The van der Waals surface area contributed by atoms with Crippen LogP contribution in [0.3, 0.4) is 0 Å². The van der Waals surface area contributed by atoms with E-state index in [0.29, 0.717) is 0 Å². The van der Waals surface area contributed by atoms with Crippen molar-refractivity contribution in [1.82, 2.24) is 0 Å². The molecule has 2 aliphatic rings. The van der Waals surface area contributed by atoms with Crippen LogP contribution in [0.25, 0.3) is 0 Å². The molecule has 28 heavy (non-hydrogen) atoms. The van der Waals surface area contributed by atoms with Gasteiger partial charge in [-0.05, 0) is 0 Å². The molecule has 0 amide bonds. The monoisotopic (exact) mass is 404 g/mol. The van der Waals surface area contributed by atoms with Gasteiger partial charge in [-0.3, -0.25) is 4.79 Å². The topological polar surface area (TPSA) is 172 Å². The van der Waals surface area contributed by atoms with Gasteiger partial charge in [0.25, 0.3) is 0 Å². The number of carbonyl (C=O) groups excluding carboxylic acids is 1. The predicted molar refractivity (Wildman–Crippen MR) is 89.3 cm³/mol. The standard InChI is InChI=1S/C17H24O11/c1-3-7-8(4-11(19)20)9(15(24)25-2)6-26-16(7)28-17-14(23)13(22)12(21)10(5-18)27-17/h3,6-8,10,12-14,16-18,21-23H,1,4-5H2,2H3,(H,19,20)/t7-,8-,10-,12-,13+,14-,16+,17+/m1/s1. The lowest BCUT2D eigenvalue weighted by Crippen LogP contribution is -2.60. The number of carbonyl (C=O) groups is 2. The summed E-state index contributed by atoms with van der Waals surface area (Å²) in [6.45, 7) is 2.97.